The van der Waals surface area contributed by atoms with Gasteiger partial charge in [0.15, 0.2) is 0 Å². The summed E-state index contributed by atoms with van der Waals surface area (Å²) < 4.78 is 5.37. The Labute approximate surface area is 121 Å². The van der Waals surface area contributed by atoms with Crippen LogP contribution in [0.2, 0.25) is 0 Å². The smallest absolute Gasteiger partial charge is 0.130 e. The Morgan fingerprint density at radius 1 is 1.40 bits per heavy atom. The van der Waals surface area contributed by atoms with Crippen molar-refractivity contribution in [2.75, 3.05) is 33.9 Å². The average Bonchev–Trinajstić information content (AvgIpc) is 2.50. The Balaban J connectivity index is 2.50. The summed E-state index contributed by atoms with van der Waals surface area (Å²) in [6.45, 7) is 2.32. The molecule has 0 unspecified atom stereocenters. The van der Waals surface area contributed by atoms with E-state index in [1.165, 1.54) is 0 Å². The fourth-order valence-electron chi connectivity index (χ4n) is 2.02. The number of ether oxygens (including phenoxy) is 1. The first-order chi connectivity index (χ1) is 9.79. The molecule has 6 heteroatoms. The lowest BCUT2D eigenvalue weighted by atomic mass is 10.1. The van der Waals surface area contributed by atoms with E-state index in [-0.39, 0.29) is 0 Å². The molecule has 1 aliphatic rings. The highest BCUT2D eigenvalue weighted by molar-refractivity contribution is 5.97. The Bertz CT molecular complexity index is 359. The van der Waals surface area contributed by atoms with Gasteiger partial charge in [0.2, 0.25) is 0 Å². The van der Waals surface area contributed by atoms with Crippen LogP contribution in [0.1, 0.15) is 12.8 Å². The summed E-state index contributed by atoms with van der Waals surface area (Å²) >= 11 is 0. The van der Waals surface area contributed by atoms with Crippen LogP contribution in [0, 0.1) is 5.41 Å². The molecule has 0 radical (unpaired) electrons. The second-order valence-electron chi connectivity index (χ2n) is 4.50. The van der Waals surface area contributed by atoms with E-state index in [0.717, 1.165) is 44.8 Å². The highest BCUT2D eigenvalue weighted by Crippen LogP contribution is 2.13. The van der Waals surface area contributed by atoms with Crippen LogP contribution in [-0.4, -0.2) is 57.0 Å². The lowest BCUT2D eigenvalue weighted by molar-refractivity contribution is 0.0608. The molecule has 1 rings (SSSR count). The van der Waals surface area contributed by atoms with Crippen LogP contribution in [0.5, 0.6) is 0 Å². The summed E-state index contributed by atoms with van der Waals surface area (Å²) in [6, 6.07) is 0.434. The number of hydrogen-bond acceptors (Lipinski definition) is 4. The summed E-state index contributed by atoms with van der Waals surface area (Å²) in [5.41, 5.74) is 0. The lowest BCUT2D eigenvalue weighted by Gasteiger charge is -2.32. The molecule has 1 heterocycles. The summed E-state index contributed by atoms with van der Waals surface area (Å²) in [7, 11) is 3.88. The van der Waals surface area contributed by atoms with E-state index >= 15 is 0 Å². The first-order valence-electron chi connectivity index (χ1n) is 6.89. The molecule has 1 saturated heterocycles. The van der Waals surface area contributed by atoms with Crippen LogP contribution in [0.3, 0.4) is 0 Å². The molecule has 0 spiro atoms. The first-order valence-corrected chi connectivity index (χ1v) is 6.89. The fraction of sp³-hybridized carbons (Fsp3) is 0.571. The fourth-order valence-corrected chi connectivity index (χ4v) is 2.02. The van der Waals surface area contributed by atoms with E-state index in [2.05, 4.69) is 20.5 Å². The van der Waals surface area contributed by atoms with Crippen molar-refractivity contribution < 1.29 is 4.74 Å². The van der Waals surface area contributed by atoms with E-state index in [0.29, 0.717) is 6.04 Å². The Hall–Kier alpha value is -1.82. The zero-order chi connectivity index (χ0) is 14.6. The van der Waals surface area contributed by atoms with Gasteiger partial charge in [0.1, 0.15) is 12.2 Å². The standard InChI is InChI=1S/C14H25N5O/c1-16-8-9-17-7-3-4-14(18-12-15)19(2)13-5-10-20-11-6-13/h3-4,8-9,12-13,15-17H,5-7,10-11H2,1-2H3/b4-3+,9-8-,15-12?,18-14+. The van der Waals surface area contributed by atoms with Crippen molar-refractivity contribution in [2.45, 2.75) is 18.9 Å². The van der Waals surface area contributed by atoms with Crippen LogP contribution in [0.25, 0.3) is 0 Å². The molecule has 1 aliphatic heterocycles. The topological polar surface area (TPSA) is 72.7 Å². The maximum Gasteiger partial charge on any atom is 0.130 e. The second kappa shape index (κ2) is 10.0. The number of likely N-dealkylation sites (N-methyl/N-ethyl adjacent to an activating group) is 1. The molecule has 0 saturated carbocycles. The largest absolute Gasteiger partial charge is 0.393 e. The third kappa shape index (κ3) is 5.88. The van der Waals surface area contributed by atoms with Gasteiger partial charge in [-0.2, -0.15) is 0 Å². The van der Waals surface area contributed by atoms with Gasteiger partial charge in [-0.1, -0.05) is 6.08 Å². The zero-order valence-corrected chi connectivity index (χ0v) is 12.3. The number of nitrogens with zero attached hydrogens (tertiary/aromatic N) is 2. The number of nitrogens with one attached hydrogen (secondary N) is 3. The summed E-state index contributed by atoms with van der Waals surface area (Å²) in [5, 5.41) is 13.2. The van der Waals surface area contributed by atoms with Crippen molar-refractivity contribution in [3.63, 3.8) is 0 Å². The van der Waals surface area contributed by atoms with Gasteiger partial charge in [0.05, 0.1) is 0 Å². The Kier molecular flexibility index (Phi) is 8.14. The molecule has 0 bridgehead atoms. The van der Waals surface area contributed by atoms with Gasteiger partial charge in [-0.15, -0.1) is 0 Å². The number of hydrogen-bond donors (Lipinski definition) is 3. The molecule has 3 N–H and O–H groups in total. The van der Waals surface area contributed by atoms with Crippen molar-refractivity contribution in [1.29, 1.82) is 5.41 Å². The molecule has 0 atom stereocenters. The molecule has 20 heavy (non-hydrogen) atoms. The molecular weight excluding hydrogens is 254 g/mol. The van der Waals surface area contributed by atoms with Crippen molar-refractivity contribution in [2.24, 2.45) is 4.99 Å². The van der Waals surface area contributed by atoms with Crippen LogP contribution >= 0.6 is 0 Å². The molecule has 0 aromatic heterocycles. The molecule has 0 aromatic carbocycles. The third-order valence-corrected chi connectivity index (χ3v) is 3.17. The van der Waals surface area contributed by atoms with Gasteiger partial charge in [-0.25, -0.2) is 4.99 Å². The predicted molar refractivity (Wildman–Crippen MR) is 83.2 cm³/mol. The third-order valence-electron chi connectivity index (χ3n) is 3.17. The van der Waals surface area contributed by atoms with Crippen molar-refractivity contribution in [3.8, 4) is 0 Å². The van der Waals surface area contributed by atoms with Crippen molar-refractivity contribution >= 4 is 12.2 Å². The second-order valence-corrected chi connectivity index (χ2v) is 4.50. The maximum atomic E-state index is 7.18. The maximum absolute atomic E-state index is 7.18. The number of rotatable bonds is 7. The van der Waals surface area contributed by atoms with Crippen molar-refractivity contribution in [3.05, 3.63) is 24.6 Å². The van der Waals surface area contributed by atoms with Crippen LogP contribution < -0.4 is 10.6 Å². The van der Waals surface area contributed by atoms with E-state index in [1.807, 2.05) is 38.6 Å². The summed E-state index contributed by atoms with van der Waals surface area (Å²) in [6.07, 6.45) is 10.7. The summed E-state index contributed by atoms with van der Waals surface area (Å²) in [4.78, 5) is 6.26. The van der Waals surface area contributed by atoms with Crippen LogP contribution in [0.15, 0.2) is 29.5 Å². The zero-order valence-electron chi connectivity index (χ0n) is 12.3. The molecule has 112 valence electrons. The highest BCUT2D eigenvalue weighted by atomic mass is 16.5. The van der Waals surface area contributed by atoms with Gasteiger partial charge in [0, 0.05) is 52.3 Å². The number of aliphatic imine (C=N–C) groups is 1. The SMILES string of the molecule is CN/C=C\NC/C=C/C(=N\C=N)N(C)C1CCOCC1. The normalized spacial score (nSPS) is 17.6. The predicted octanol–water partition coefficient (Wildman–Crippen LogP) is 0.939. The average molecular weight is 279 g/mol. The van der Waals surface area contributed by atoms with E-state index in [1.54, 1.807) is 0 Å². The van der Waals surface area contributed by atoms with Gasteiger partial charge in [-0.05, 0) is 18.9 Å². The van der Waals surface area contributed by atoms with E-state index in [9.17, 15) is 0 Å². The molecule has 0 amide bonds. The first kappa shape index (κ1) is 16.2. The number of amidine groups is 1. The van der Waals surface area contributed by atoms with E-state index in [4.69, 9.17) is 10.1 Å². The molecule has 0 aromatic rings. The minimum absolute atomic E-state index is 0.434. The minimum atomic E-state index is 0.434. The Morgan fingerprint density at radius 3 is 2.80 bits per heavy atom. The van der Waals surface area contributed by atoms with Crippen LogP contribution in [0.4, 0.5) is 0 Å². The highest BCUT2D eigenvalue weighted by Gasteiger charge is 2.19. The quantitative estimate of drug-likeness (QED) is 0.368. The minimum Gasteiger partial charge on any atom is -0.393 e. The molecule has 0 aliphatic carbocycles. The lowest BCUT2D eigenvalue weighted by Crippen LogP contribution is -2.40. The van der Waals surface area contributed by atoms with Gasteiger partial charge in [-0.3, -0.25) is 5.41 Å². The Morgan fingerprint density at radius 2 is 2.15 bits per heavy atom. The van der Waals surface area contributed by atoms with Gasteiger partial charge in [0.25, 0.3) is 0 Å². The van der Waals surface area contributed by atoms with Gasteiger partial charge >= 0.3 is 0 Å². The monoisotopic (exact) mass is 279 g/mol. The molecule has 6 nitrogen and oxygen atoms in total. The van der Waals surface area contributed by atoms with Crippen molar-refractivity contribution in [1.82, 2.24) is 15.5 Å². The molecule has 1 fully saturated rings. The van der Waals surface area contributed by atoms with E-state index < -0.39 is 0 Å². The van der Waals surface area contributed by atoms with Gasteiger partial charge < -0.3 is 20.3 Å². The summed E-state index contributed by atoms with van der Waals surface area (Å²) in [5.74, 6) is 0.811. The molecular formula is C14H25N5O. The van der Waals surface area contributed by atoms with Crippen LogP contribution in [-0.2, 0) is 4.74 Å².